The van der Waals surface area contributed by atoms with Gasteiger partial charge < -0.3 is 9.64 Å². The highest BCUT2D eigenvalue weighted by Crippen LogP contribution is 2.40. The Hall–Kier alpha value is -2.19. The molecule has 0 saturated carbocycles. The number of likely N-dealkylation sites (tertiary alicyclic amines) is 1. The van der Waals surface area contributed by atoms with Gasteiger partial charge in [-0.05, 0) is 76.1 Å². The Kier molecular flexibility index (Phi) is 8.71. The second-order valence-corrected chi connectivity index (χ2v) is 13.0. The van der Waals surface area contributed by atoms with Crippen molar-refractivity contribution >= 4 is 27.5 Å². The number of hydrogen-bond acceptors (Lipinski definition) is 4. The van der Waals surface area contributed by atoms with E-state index >= 15 is 8.78 Å². The van der Waals surface area contributed by atoms with Gasteiger partial charge in [-0.3, -0.25) is 0 Å². The molecule has 36 heavy (non-hydrogen) atoms. The third kappa shape index (κ3) is 6.97. The zero-order valence-corrected chi connectivity index (χ0v) is 22.8. The number of aryl methyl sites for hydroxylation is 1. The molecule has 1 amide bonds. The largest absolute Gasteiger partial charge is 0.444 e. The number of carbonyl (C=O) groups is 1. The first-order valence-electron chi connectivity index (χ1n) is 12.2. The van der Waals surface area contributed by atoms with Crippen LogP contribution in [-0.2, 0) is 26.9 Å². The van der Waals surface area contributed by atoms with Crippen LogP contribution < -0.4 is 0 Å². The predicted molar refractivity (Wildman–Crippen MR) is 137 cm³/mol. The van der Waals surface area contributed by atoms with E-state index in [1.165, 1.54) is 25.1 Å². The van der Waals surface area contributed by atoms with E-state index in [1.54, 1.807) is 17.0 Å². The summed E-state index contributed by atoms with van der Waals surface area (Å²) in [7, 11) is -3.54. The molecule has 0 N–H and O–H groups in total. The monoisotopic (exact) mass is 541 g/mol. The highest BCUT2D eigenvalue weighted by atomic mass is 35.5. The van der Waals surface area contributed by atoms with Crippen LogP contribution in [0.5, 0.6) is 0 Å². The van der Waals surface area contributed by atoms with E-state index in [0.717, 1.165) is 43.4 Å². The van der Waals surface area contributed by atoms with Crippen LogP contribution in [0.4, 0.5) is 13.6 Å². The van der Waals surface area contributed by atoms with E-state index in [0.29, 0.717) is 19.0 Å². The van der Waals surface area contributed by atoms with Crippen molar-refractivity contribution in [3.05, 3.63) is 64.2 Å². The number of nitrogens with zero attached hydrogens (tertiary/aromatic N) is 1. The lowest BCUT2D eigenvalue weighted by Gasteiger charge is -2.33. The number of amides is 1. The van der Waals surface area contributed by atoms with Crippen LogP contribution in [0.25, 0.3) is 0 Å². The van der Waals surface area contributed by atoms with E-state index in [4.69, 9.17) is 16.3 Å². The van der Waals surface area contributed by atoms with Crippen LogP contribution in [0.15, 0.2) is 47.4 Å². The smallest absolute Gasteiger partial charge is 0.410 e. The average molecular weight is 542 g/mol. The van der Waals surface area contributed by atoms with Crippen LogP contribution in [-0.4, -0.2) is 43.9 Å². The molecular formula is C27H34ClF2NO4S. The minimum absolute atomic E-state index is 0.0678. The first-order valence-corrected chi connectivity index (χ1v) is 14.2. The van der Waals surface area contributed by atoms with E-state index in [1.807, 2.05) is 20.8 Å². The zero-order chi connectivity index (χ0) is 26.7. The SMILES string of the molecule is CCS(=O)(=O)c1ccc(C(F)(F)c2ccc(CCC3CCN(C(=O)OC(C)(C)C)CC3)cc2)c(Cl)c1. The zero-order valence-electron chi connectivity index (χ0n) is 21.2. The van der Waals surface area contributed by atoms with E-state index in [2.05, 4.69) is 0 Å². The summed E-state index contributed by atoms with van der Waals surface area (Å²) in [6.45, 7) is 8.35. The number of carbonyl (C=O) groups excluding carboxylic acids is 1. The van der Waals surface area contributed by atoms with Crippen molar-refractivity contribution in [3.63, 3.8) is 0 Å². The third-order valence-corrected chi connectivity index (χ3v) is 8.49. The molecule has 0 radical (unpaired) electrons. The van der Waals surface area contributed by atoms with Gasteiger partial charge in [0.05, 0.1) is 15.7 Å². The number of rotatable bonds is 7. The first kappa shape index (κ1) is 28.4. The molecule has 0 bridgehead atoms. The van der Waals surface area contributed by atoms with Crippen LogP contribution in [0.3, 0.4) is 0 Å². The maximum Gasteiger partial charge on any atom is 0.410 e. The van der Waals surface area contributed by atoms with Gasteiger partial charge in [-0.1, -0.05) is 42.8 Å². The molecule has 2 aromatic carbocycles. The number of ether oxygens (including phenoxy) is 1. The van der Waals surface area contributed by atoms with E-state index < -0.39 is 26.9 Å². The maximum atomic E-state index is 15.2. The Morgan fingerprint density at radius 1 is 1.08 bits per heavy atom. The van der Waals surface area contributed by atoms with Crippen LogP contribution in [0.2, 0.25) is 5.02 Å². The molecule has 9 heteroatoms. The van der Waals surface area contributed by atoms with E-state index in [-0.39, 0.29) is 27.3 Å². The lowest BCUT2D eigenvalue weighted by Crippen LogP contribution is -2.41. The van der Waals surface area contributed by atoms with Crippen molar-refractivity contribution in [2.45, 2.75) is 69.8 Å². The molecule has 0 unspecified atom stereocenters. The van der Waals surface area contributed by atoms with Crippen molar-refractivity contribution < 1.29 is 26.7 Å². The van der Waals surface area contributed by atoms with Crippen molar-refractivity contribution in [2.75, 3.05) is 18.8 Å². The molecule has 0 atom stereocenters. The fourth-order valence-electron chi connectivity index (χ4n) is 4.25. The second-order valence-electron chi connectivity index (χ2n) is 10.3. The summed E-state index contributed by atoms with van der Waals surface area (Å²) < 4.78 is 59.9. The summed E-state index contributed by atoms with van der Waals surface area (Å²) in [5.41, 5.74) is -0.185. The summed E-state index contributed by atoms with van der Waals surface area (Å²) in [5.74, 6) is -3.04. The summed E-state index contributed by atoms with van der Waals surface area (Å²) in [6, 6.07) is 9.54. The van der Waals surface area contributed by atoms with Gasteiger partial charge in [-0.25, -0.2) is 13.2 Å². The molecule has 5 nitrogen and oxygen atoms in total. The molecule has 1 saturated heterocycles. The number of benzene rings is 2. The van der Waals surface area contributed by atoms with Gasteiger partial charge in [0.1, 0.15) is 5.60 Å². The standard InChI is InChI=1S/C27H34ClF2NO4S/c1-5-36(33,34)22-12-13-23(24(28)18-22)27(29,30)21-10-8-19(9-11-21)6-7-20-14-16-31(17-15-20)25(32)35-26(2,3)4/h8-13,18,20H,5-7,14-17H2,1-4H3. The van der Waals surface area contributed by atoms with Crippen molar-refractivity contribution in [3.8, 4) is 0 Å². The summed E-state index contributed by atoms with van der Waals surface area (Å²) in [6.07, 6.45) is 3.17. The highest BCUT2D eigenvalue weighted by molar-refractivity contribution is 7.91. The minimum Gasteiger partial charge on any atom is -0.444 e. The predicted octanol–water partition coefficient (Wildman–Crippen LogP) is 6.85. The molecule has 0 aromatic heterocycles. The fraction of sp³-hybridized carbons (Fsp3) is 0.519. The number of piperidine rings is 1. The first-order chi connectivity index (χ1) is 16.7. The Morgan fingerprint density at radius 2 is 1.69 bits per heavy atom. The third-order valence-electron chi connectivity index (χ3n) is 6.44. The number of hydrogen-bond donors (Lipinski definition) is 0. The van der Waals surface area contributed by atoms with Crippen molar-refractivity contribution in [1.82, 2.24) is 4.90 Å². The Morgan fingerprint density at radius 3 is 2.22 bits per heavy atom. The topological polar surface area (TPSA) is 63.7 Å². The number of halogens is 3. The molecule has 1 aliphatic heterocycles. The van der Waals surface area contributed by atoms with Crippen LogP contribution in [0, 0.1) is 5.92 Å². The van der Waals surface area contributed by atoms with Gasteiger partial charge in [0.15, 0.2) is 9.84 Å². The van der Waals surface area contributed by atoms with Crippen molar-refractivity contribution in [2.24, 2.45) is 5.92 Å². The molecule has 3 rings (SSSR count). The number of sulfone groups is 1. The molecule has 1 fully saturated rings. The second kappa shape index (κ2) is 11.1. The lowest BCUT2D eigenvalue weighted by atomic mass is 9.90. The van der Waals surface area contributed by atoms with Gasteiger partial charge in [0.25, 0.3) is 5.92 Å². The van der Waals surface area contributed by atoms with Crippen LogP contribution in [0.1, 0.15) is 63.6 Å². The van der Waals surface area contributed by atoms with Gasteiger partial charge in [0.2, 0.25) is 0 Å². The van der Waals surface area contributed by atoms with Crippen LogP contribution >= 0.6 is 11.6 Å². The van der Waals surface area contributed by atoms with Gasteiger partial charge in [0, 0.05) is 24.2 Å². The number of alkyl halides is 2. The minimum atomic E-state index is -3.54. The van der Waals surface area contributed by atoms with Gasteiger partial charge in [-0.15, -0.1) is 0 Å². The molecule has 1 heterocycles. The highest BCUT2D eigenvalue weighted by Gasteiger charge is 2.36. The van der Waals surface area contributed by atoms with Gasteiger partial charge in [-0.2, -0.15) is 8.78 Å². The summed E-state index contributed by atoms with van der Waals surface area (Å²) in [5, 5.41) is -0.281. The Balaban J connectivity index is 1.58. The Bertz CT molecular complexity index is 1170. The molecule has 2 aromatic rings. The molecule has 198 valence electrons. The van der Waals surface area contributed by atoms with Gasteiger partial charge >= 0.3 is 6.09 Å². The summed E-state index contributed by atoms with van der Waals surface area (Å²) >= 11 is 6.08. The quantitative estimate of drug-likeness (QED) is 0.384. The summed E-state index contributed by atoms with van der Waals surface area (Å²) in [4.78, 5) is 13.9. The molecular weight excluding hydrogens is 508 g/mol. The normalized spacial score (nSPS) is 15.7. The fourth-order valence-corrected chi connectivity index (χ4v) is 5.52. The molecule has 0 spiro atoms. The average Bonchev–Trinajstić information content (AvgIpc) is 2.82. The van der Waals surface area contributed by atoms with Crippen molar-refractivity contribution in [1.29, 1.82) is 0 Å². The lowest BCUT2D eigenvalue weighted by molar-refractivity contribution is 0.0181. The molecule has 1 aliphatic rings. The Labute approximate surface area is 217 Å². The van der Waals surface area contributed by atoms with E-state index in [9.17, 15) is 13.2 Å². The maximum absolute atomic E-state index is 15.2. The molecule has 0 aliphatic carbocycles.